The Morgan fingerprint density at radius 1 is 1.17 bits per heavy atom. The van der Waals surface area contributed by atoms with E-state index in [1.54, 1.807) is 18.3 Å². The highest BCUT2D eigenvalue weighted by atomic mass is 32.2. The number of rotatable bonds is 5. The lowest BCUT2D eigenvalue weighted by Gasteiger charge is -2.03. The highest BCUT2D eigenvalue weighted by molar-refractivity contribution is 7.99. The first-order valence-corrected chi connectivity index (χ1v) is 8.49. The van der Waals surface area contributed by atoms with Crippen LogP contribution in [0, 0.1) is 0 Å². The summed E-state index contributed by atoms with van der Waals surface area (Å²) in [5.74, 6) is 0.905. The van der Waals surface area contributed by atoms with Crippen molar-refractivity contribution in [2.24, 2.45) is 5.73 Å². The van der Waals surface area contributed by atoms with Crippen LogP contribution in [0.15, 0.2) is 58.8 Å². The molecular weight excluding hydrogens is 322 g/mol. The number of carbonyl (C=O) groups excluding carboxylic acids is 1. The Morgan fingerprint density at radius 3 is 2.67 bits per heavy atom. The average Bonchev–Trinajstić information content (AvgIpc) is 3.37. The fourth-order valence-electron chi connectivity index (χ4n) is 2.46. The smallest absolute Gasteiger partial charge is 0.251 e. The standard InChI is InChI=1S/C17H15N5OS/c18-14(23)13-7-4-10-19-16(13)24-17-20-15(11-8-9-11)22(21-17)12-5-2-1-3-6-12/h1-7,10-11H,8-9H2,(H2,18,23). The Hall–Kier alpha value is -2.67. The van der Waals surface area contributed by atoms with Gasteiger partial charge < -0.3 is 5.73 Å². The maximum absolute atomic E-state index is 11.5. The van der Waals surface area contributed by atoms with E-state index in [1.165, 1.54) is 11.8 Å². The van der Waals surface area contributed by atoms with Gasteiger partial charge in [0, 0.05) is 12.1 Å². The van der Waals surface area contributed by atoms with E-state index < -0.39 is 5.91 Å². The van der Waals surface area contributed by atoms with Gasteiger partial charge in [-0.1, -0.05) is 18.2 Å². The summed E-state index contributed by atoms with van der Waals surface area (Å²) in [5, 5.41) is 5.71. The molecule has 0 atom stereocenters. The summed E-state index contributed by atoms with van der Waals surface area (Å²) in [6.45, 7) is 0. The number of carbonyl (C=O) groups is 1. The summed E-state index contributed by atoms with van der Waals surface area (Å²) in [5.41, 5.74) is 6.78. The zero-order chi connectivity index (χ0) is 16.5. The molecule has 6 nitrogen and oxygen atoms in total. The van der Waals surface area contributed by atoms with Crippen LogP contribution in [-0.4, -0.2) is 25.7 Å². The first-order valence-electron chi connectivity index (χ1n) is 7.67. The summed E-state index contributed by atoms with van der Waals surface area (Å²) in [7, 11) is 0. The van der Waals surface area contributed by atoms with E-state index in [0.717, 1.165) is 24.4 Å². The molecule has 1 aliphatic rings. The lowest BCUT2D eigenvalue weighted by atomic mass is 10.3. The molecule has 2 N–H and O–H groups in total. The van der Waals surface area contributed by atoms with Crippen LogP contribution in [0.2, 0.25) is 0 Å². The molecule has 0 aliphatic heterocycles. The molecular formula is C17H15N5OS. The Bertz CT molecular complexity index is 889. The number of aromatic nitrogens is 4. The average molecular weight is 337 g/mol. The third-order valence-electron chi connectivity index (χ3n) is 3.78. The number of hydrogen-bond donors (Lipinski definition) is 1. The molecule has 1 saturated carbocycles. The van der Waals surface area contributed by atoms with Gasteiger partial charge in [-0.2, -0.15) is 0 Å². The van der Waals surface area contributed by atoms with Crippen molar-refractivity contribution in [1.82, 2.24) is 19.7 Å². The SMILES string of the molecule is NC(=O)c1cccnc1Sc1nc(C2CC2)n(-c2ccccc2)n1. The molecule has 120 valence electrons. The molecule has 3 aromatic rings. The molecule has 4 rings (SSSR count). The molecule has 24 heavy (non-hydrogen) atoms. The number of hydrogen-bond acceptors (Lipinski definition) is 5. The van der Waals surface area contributed by atoms with Gasteiger partial charge in [-0.15, -0.1) is 5.10 Å². The third-order valence-corrected chi connectivity index (χ3v) is 4.65. The van der Waals surface area contributed by atoms with Crippen molar-refractivity contribution in [2.75, 3.05) is 0 Å². The third kappa shape index (κ3) is 2.90. The minimum absolute atomic E-state index is 0.381. The number of para-hydroxylation sites is 1. The van der Waals surface area contributed by atoms with Gasteiger partial charge in [-0.25, -0.2) is 14.6 Å². The predicted octanol–water partition coefficient (Wildman–Crippen LogP) is 2.79. The topological polar surface area (TPSA) is 86.7 Å². The second-order valence-corrected chi connectivity index (χ2v) is 6.55. The molecule has 0 spiro atoms. The van der Waals surface area contributed by atoms with Gasteiger partial charge in [0.25, 0.3) is 5.91 Å². The summed E-state index contributed by atoms with van der Waals surface area (Å²) in [4.78, 5) is 20.5. The van der Waals surface area contributed by atoms with Crippen LogP contribution in [0.3, 0.4) is 0 Å². The molecule has 0 unspecified atom stereocenters. The van der Waals surface area contributed by atoms with E-state index in [1.807, 2.05) is 35.0 Å². The van der Waals surface area contributed by atoms with E-state index >= 15 is 0 Å². The van der Waals surface area contributed by atoms with Crippen molar-refractivity contribution in [1.29, 1.82) is 0 Å². The maximum atomic E-state index is 11.5. The van der Waals surface area contributed by atoms with Crippen LogP contribution in [-0.2, 0) is 0 Å². The Balaban J connectivity index is 1.71. The summed E-state index contributed by atoms with van der Waals surface area (Å²) >= 11 is 1.26. The second kappa shape index (κ2) is 6.09. The van der Waals surface area contributed by atoms with Crippen molar-refractivity contribution in [2.45, 2.75) is 28.9 Å². The van der Waals surface area contributed by atoms with Crippen molar-refractivity contribution in [3.63, 3.8) is 0 Å². The number of amides is 1. The summed E-state index contributed by atoms with van der Waals surface area (Å²) in [6, 6.07) is 13.3. The minimum Gasteiger partial charge on any atom is -0.366 e. The summed E-state index contributed by atoms with van der Waals surface area (Å²) in [6.07, 6.45) is 3.89. The number of primary amides is 1. The molecule has 1 fully saturated rings. The molecule has 0 bridgehead atoms. The minimum atomic E-state index is -0.504. The van der Waals surface area contributed by atoms with Crippen LogP contribution in [0.4, 0.5) is 0 Å². The number of pyridine rings is 1. The van der Waals surface area contributed by atoms with Gasteiger partial charge in [0.05, 0.1) is 11.3 Å². The van der Waals surface area contributed by atoms with Gasteiger partial charge >= 0.3 is 0 Å². The van der Waals surface area contributed by atoms with Gasteiger partial charge in [0.1, 0.15) is 10.9 Å². The zero-order valence-electron chi connectivity index (χ0n) is 12.8. The van der Waals surface area contributed by atoms with Crippen molar-refractivity contribution in [3.05, 3.63) is 60.0 Å². The van der Waals surface area contributed by atoms with Crippen LogP contribution < -0.4 is 5.73 Å². The first-order chi connectivity index (χ1) is 11.7. The molecule has 0 radical (unpaired) electrons. The first kappa shape index (κ1) is 14.9. The monoisotopic (exact) mass is 337 g/mol. The fourth-order valence-corrected chi connectivity index (χ4v) is 3.29. The largest absolute Gasteiger partial charge is 0.366 e. The van der Waals surface area contributed by atoms with E-state index in [-0.39, 0.29) is 0 Å². The van der Waals surface area contributed by atoms with E-state index in [0.29, 0.717) is 21.7 Å². The summed E-state index contributed by atoms with van der Waals surface area (Å²) < 4.78 is 1.88. The quantitative estimate of drug-likeness (QED) is 0.773. The molecule has 7 heteroatoms. The Labute approximate surface area is 143 Å². The predicted molar refractivity (Wildman–Crippen MR) is 90.2 cm³/mol. The number of nitrogens with two attached hydrogens (primary N) is 1. The van der Waals surface area contributed by atoms with Crippen molar-refractivity contribution >= 4 is 17.7 Å². The van der Waals surface area contributed by atoms with E-state index in [9.17, 15) is 4.79 Å². The van der Waals surface area contributed by atoms with Crippen LogP contribution in [0.25, 0.3) is 5.69 Å². The fraction of sp³-hybridized carbons (Fsp3) is 0.176. The van der Waals surface area contributed by atoms with Gasteiger partial charge in [0.15, 0.2) is 0 Å². The van der Waals surface area contributed by atoms with Crippen LogP contribution in [0.1, 0.15) is 34.9 Å². The van der Waals surface area contributed by atoms with Crippen molar-refractivity contribution in [3.8, 4) is 5.69 Å². The van der Waals surface area contributed by atoms with Gasteiger partial charge in [0.2, 0.25) is 5.16 Å². The molecule has 2 heterocycles. The van der Waals surface area contributed by atoms with E-state index in [2.05, 4.69) is 15.1 Å². The van der Waals surface area contributed by atoms with Gasteiger partial charge in [-0.05, 0) is 48.9 Å². The maximum Gasteiger partial charge on any atom is 0.251 e. The van der Waals surface area contributed by atoms with Crippen LogP contribution in [0.5, 0.6) is 0 Å². The second-order valence-electron chi connectivity index (χ2n) is 5.60. The lowest BCUT2D eigenvalue weighted by molar-refractivity contribution is 0.0997. The normalized spacial score (nSPS) is 13.8. The Morgan fingerprint density at radius 2 is 1.96 bits per heavy atom. The number of nitrogens with zero attached hydrogens (tertiary/aromatic N) is 4. The number of benzene rings is 1. The zero-order valence-corrected chi connectivity index (χ0v) is 13.6. The molecule has 1 aromatic carbocycles. The highest BCUT2D eigenvalue weighted by Crippen LogP contribution is 2.41. The van der Waals surface area contributed by atoms with Crippen LogP contribution >= 0.6 is 11.8 Å². The Kier molecular flexibility index (Phi) is 3.78. The molecule has 1 amide bonds. The molecule has 1 aliphatic carbocycles. The molecule has 0 saturated heterocycles. The highest BCUT2D eigenvalue weighted by Gasteiger charge is 2.30. The van der Waals surface area contributed by atoms with Gasteiger partial charge in [-0.3, -0.25) is 4.79 Å². The molecule has 2 aromatic heterocycles. The lowest BCUT2D eigenvalue weighted by Crippen LogP contribution is -2.12. The van der Waals surface area contributed by atoms with E-state index in [4.69, 9.17) is 5.73 Å². The van der Waals surface area contributed by atoms with Crippen molar-refractivity contribution < 1.29 is 4.79 Å².